The largest absolute Gasteiger partial charge is 0.507 e. The molecule has 3 aromatic rings. The van der Waals surface area contributed by atoms with E-state index in [1.807, 2.05) is 31.2 Å². The summed E-state index contributed by atoms with van der Waals surface area (Å²) in [6.45, 7) is 1.86. The van der Waals surface area contributed by atoms with Crippen LogP contribution in [0.2, 0.25) is 0 Å². The molecule has 0 heterocycles. The zero-order chi connectivity index (χ0) is 19.6. The van der Waals surface area contributed by atoms with Crippen LogP contribution in [-0.4, -0.2) is 23.2 Å². The molecule has 3 rings (SSSR count). The number of nitrogens with one attached hydrogen (secondary N) is 2. The lowest BCUT2D eigenvalue weighted by Crippen LogP contribution is -2.34. The molecule has 1 amide bonds. The molecule has 0 aromatic heterocycles. The van der Waals surface area contributed by atoms with E-state index < -0.39 is 0 Å². The molecule has 0 bridgehead atoms. The number of aromatic hydroxyl groups is 1. The first-order valence-corrected chi connectivity index (χ1v) is 9.28. The Balaban J connectivity index is 1.83. The number of carbonyl (C=O) groups excluding carboxylic acids is 1. The molecule has 0 unspecified atom stereocenters. The number of halogens is 1. The second-order valence-corrected chi connectivity index (χ2v) is 7.21. The summed E-state index contributed by atoms with van der Waals surface area (Å²) in [5, 5.41) is 17.3. The zero-order valence-corrected chi connectivity index (χ0v) is 17.1. The molecule has 0 spiro atoms. The van der Waals surface area contributed by atoms with Crippen LogP contribution >= 0.6 is 28.1 Å². The SMILES string of the molecule is COc1c(C)cc(Br)cc1C(=O)NC(=S)Nc1cccc2c(O)cccc12. The van der Waals surface area contributed by atoms with Crippen LogP contribution in [0.15, 0.2) is 53.0 Å². The second-order valence-electron chi connectivity index (χ2n) is 5.89. The van der Waals surface area contributed by atoms with Gasteiger partial charge in [0.2, 0.25) is 0 Å². The Morgan fingerprint density at radius 2 is 1.85 bits per heavy atom. The number of aryl methyl sites for hydroxylation is 1. The smallest absolute Gasteiger partial charge is 0.261 e. The van der Waals surface area contributed by atoms with Crippen molar-refractivity contribution in [1.29, 1.82) is 0 Å². The third-order valence-electron chi connectivity index (χ3n) is 4.06. The minimum absolute atomic E-state index is 0.149. The van der Waals surface area contributed by atoms with E-state index in [1.54, 1.807) is 24.3 Å². The normalized spacial score (nSPS) is 10.5. The van der Waals surface area contributed by atoms with Crippen LogP contribution in [0, 0.1) is 6.92 Å². The first kappa shape index (κ1) is 19.1. The number of carbonyl (C=O) groups is 1. The minimum atomic E-state index is -0.378. The van der Waals surface area contributed by atoms with Crippen LogP contribution < -0.4 is 15.4 Å². The maximum Gasteiger partial charge on any atom is 0.261 e. The van der Waals surface area contributed by atoms with Crippen molar-refractivity contribution in [1.82, 2.24) is 5.32 Å². The predicted molar refractivity (Wildman–Crippen MR) is 115 cm³/mol. The van der Waals surface area contributed by atoms with E-state index in [4.69, 9.17) is 17.0 Å². The van der Waals surface area contributed by atoms with Gasteiger partial charge in [-0.2, -0.15) is 0 Å². The number of hydrogen-bond donors (Lipinski definition) is 3. The van der Waals surface area contributed by atoms with Gasteiger partial charge in [-0.1, -0.05) is 40.2 Å². The number of benzene rings is 3. The fraction of sp³-hybridized carbons (Fsp3) is 0.100. The molecule has 3 N–H and O–H groups in total. The number of ether oxygens (including phenoxy) is 1. The van der Waals surface area contributed by atoms with Gasteiger partial charge in [-0.15, -0.1) is 0 Å². The van der Waals surface area contributed by atoms with Gasteiger partial charge in [-0.25, -0.2) is 0 Å². The van der Waals surface area contributed by atoms with Crippen LogP contribution in [0.3, 0.4) is 0 Å². The van der Waals surface area contributed by atoms with Gasteiger partial charge in [-0.05, 0) is 49.0 Å². The van der Waals surface area contributed by atoms with Crippen LogP contribution in [0.1, 0.15) is 15.9 Å². The number of thiocarbonyl (C=S) groups is 1. The Morgan fingerprint density at radius 3 is 2.59 bits per heavy atom. The van der Waals surface area contributed by atoms with Gasteiger partial charge < -0.3 is 15.2 Å². The Labute approximate surface area is 170 Å². The average Bonchev–Trinajstić information content (AvgIpc) is 2.62. The first-order valence-electron chi connectivity index (χ1n) is 8.08. The van der Waals surface area contributed by atoms with Crippen molar-refractivity contribution in [2.75, 3.05) is 12.4 Å². The molecular formula is C20H17BrN2O3S. The lowest BCUT2D eigenvalue weighted by atomic mass is 10.1. The number of methoxy groups -OCH3 is 1. The van der Waals surface area contributed by atoms with Gasteiger partial charge in [0.1, 0.15) is 11.5 Å². The van der Waals surface area contributed by atoms with E-state index in [0.29, 0.717) is 22.4 Å². The lowest BCUT2D eigenvalue weighted by Gasteiger charge is -2.15. The summed E-state index contributed by atoms with van der Waals surface area (Å²) in [7, 11) is 1.52. The van der Waals surface area contributed by atoms with Crippen molar-refractivity contribution in [3.63, 3.8) is 0 Å². The highest BCUT2D eigenvalue weighted by Crippen LogP contribution is 2.30. The summed E-state index contributed by atoms with van der Waals surface area (Å²) < 4.78 is 6.12. The standard InChI is InChI=1S/C20H17BrN2O3S/c1-11-9-12(21)10-15(18(11)26-2)19(25)23-20(27)22-16-7-3-6-14-13(16)5-4-8-17(14)24/h3-10,24H,1-2H3,(H2,22,23,25,27). The van der Waals surface area contributed by atoms with Gasteiger partial charge >= 0.3 is 0 Å². The van der Waals surface area contributed by atoms with Crippen molar-refractivity contribution in [3.8, 4) is 11.5 Å². The number of amides is 1. The molecule has 0 radical (unpaired) electrons. The van der Waals surface area contributed by atoms with Crippen molar-refractivity contribution in [2.45, 2.75) is 6.92 Å². The molecule has 0 saturated carbocycles. The van der Waals surface area contributed by atoms with Crippen molar-refractivity contribution < 1.29 is 14.6 Å². The van der Waals surface area contributed by atoms with E-state index in [9.17, 15) is 9.90 Å². The Bertz CT molecular complexity index is 1050. The fourth-order valence-corrected chi connectivity index (χ4v) is 3.67. The summed E-state index contributed by atoms with van der Waals surface area (Å²) in [6.07, 6.45) is 0. The quantitative estimate of drug-likeness (QED) is 0.508. The van der Waals surface area contributed by atoms with Gasteiger partial charge in [0.15, 0.2) is 5.11 Å². The van der Waals surface area contributed by atoms with Crippen molar-refractivity contribution >= 4 is 55.6 Å². The Morgan fingerprint density at radius 1 is 1.15 bits per heavy atom. The maximum absolute atomic E-state index is 12.7. The number of anilines is 1. The average molecular weight is 445 g/mol. The number of rotatable bonds is 3. The van der Waals surface area contributed by atoms with E-state index in [0.717, 1.165) is 15.4 Å². The van der Waals surface area contributed by atoms with Crippen LogP contribution in [0.25, 0.3) is 10.8 Å². The van der Waals surface area contributed by atoms with Gasteiger partial charge in [0, 0.05) is 20.9 Å². The highest BCUT2D eigenvalue weighted by atomic mass is 79.9. The molecule has 138 valence electrons. The number of phenols is 1. The Kier molecular flexibility index (Phi) is 5.62. The van der Waals surface area contributed by atoms with E-state index in [-0.39, 0.29) is 16.8 Å². The highest BCUT2D eigenvalue weighted by molar-refractivity contribution is 9.10. The van der Waals surface area contributed by atoms with Crippen LogP contribution in [-0.2, 0) is 0 Å². The number of fused-ring (bicyclic) bond motifs is 1. The minimum Gasteiger partial charge on any atom is -0.507 e. The third-order valence-corrected chi connectivity index (χ3v) is 4.72. The predicted octanol–water partition coefficient (Wildman–Crippen LogP) is 4.75. The summed E-state index contributed by atoms with van der Waals surface area (Å²) in [6, 6.07) is 14.2. The molecule has 0 atom stereocenters. The first-order chi connectivity index (χ1) is 12.9. The molecular weight excluding hydrogens is 428 g/mol. The van der Waals surface area contributed by atoms with Gasteiger partial charge in [0.05, 0.1) is 12.7 Å². The molecule has 0 aliphatic rings. The summed E-state index contributed by atoms with van der Waals surface area (Å²) in [4.78, 5) is 12.7. The molecule has 0 aliphatic heterocycles. The summed E-state index contributed by atoms with van der Waals surface area (Å²) >= 11 is 8.69. The van der Waals surface area contributed by atoms with E-state index in [2.05, 4.69) is 26.6 Å². The topological polar surface area (TPSA) is 70.6 Å². The van der Waals surface area contributed by atoms with E-state index in [1.165, 1.54) is 7.11 Å². The van der Waals surface area contributed by atoms with Gasteiger partial charge in [0.25, 0.3) is 5.91 Å². The second kappa shape index (κ2) is 7.94. The molecule has 3 aromatic carbocycles. The lowest BCUT2D eigenvalue weighted by molar-refractivity contribution is 0.0974. The fourth-order valence-electron chi connectivity index (χ4n) is 2.90. The van der Waals surface area contributed by atoms with Crippen LogP contribution in [0.4, 0.5) is 5.69 Å². The molecule has 0 aliphatic carbocycles. The molecule has 0 fully saturated rings. The Hall–Kier alpha value is -2.64. The molecule has 0 saturated heterocycles. The monoisotopic (exact) mass is 444 g/mol. The number of hydrogen-bond acceptors (Lipinski definition) is 4. The number of phenolic OH excluding ortho intramolecular Hbond substituents is 1. The summed E-state index contributed by atoms with van der Waals surface area (Å²) in [5.74, 6) is 0.297. The van der Waals surface area contributed by atoms with Crippen LogP contribution in [0.5, 0.6) is 11.5 Å². The highest BCUT2D eigenvalue weighted by Gasteiger charge is 2.17. The van der Waals surface area contributed by atoms with E-state index >= 15 is 0 Å². The molecule has 27 heavy (non-hydrogen) atoms. The maximum atomic E-state index is 12.7. The third kappa shape index (κ3) is 4.04. The zero-order valence-electron chi connectivity index (χ0n) is 14.7. The van der Waals surface area contributed by atoms with Gasteiger partial charge in [-0.3, -0.25) is 10.1 Å². The van der Waals surface area contributed by atoms with Crippen molar-refractivity contribution in [2.24, 2.45) is 0 Å². The summed E-state index contributed by atoms with van der Waals surface area (Å²) in [5.41, 5.74) is 1.90. The van der Waals surface area contributed by atoms with Crippen molar-refractivity contribution in [3.05, 3.63) is 64.1 Å². The molecule has 7 heteroatoms. The molecule has 5 nitrogen and oxygen atoms in total.